The van der Waals surface area contributed by atoms with Gasteiger partial charge in [-0.15, -0.1) is 11.3 Å². The van der Waals surface area contributed by atoms with Crippen LogP contribution in [-0.2, 0) is 22.9 Å². The fourth-order valence-electron chi connectivity index (χ4n) is 2.68. The van der Waals surface area contributed by atoms with Crippen molar-refractivity contribution in [2.45, 2.75) is 36.9 Å². The molecule has 0 atom stereocenters. The molecule has 2 aromatic heterocycles. The van der Waals surface area contributed by atoms with E-state index in [1.54, 1.807) is 28.1 Å². The molecule has 0 saturated heterocycles. The van der Waals surface area contributed by atoms with Gasteiger partial charge in [-0.1, -0.05) is 6.07 Å². The molecule has 3 rings (SSSR count). The van der Waals surface area contributed by atoms with Crippen LogP contribution in [0, 0.1) is 0 Å². The number of hydrogen-bond acceptors (Lipinski definition) is 6. The molecule has 0 spiro atoms. The number of rotatable bonds is 4. The third-order valence-corrected chi connectivity index (χ3v) is 7.03. The molecule has 1 N–H and O–H groups in total. The Morgan fingerprint density at radius 1 is 1.26 bits per heavy atom. The SMILES string of the molecule is CC(C)Nc1ncnc2c1CCN(S(=O)(=O)c1cccs1)CC2. The summed E-state index contributed by atoms with van der Waals surface area (Å²) in [5.74, 6) is 0.820. The smallest absolute Gasteiger partial charge is 0.252 e. The minimum atomic E-state index is -3.41. The molecule has 0 fully saturated rings. The minimum absolute atomic E-state index is 0.267. The van der Waals surface area contributed by atoms with E-state index in [-0.39, 0.29) is 6.04 Å². The van der Waals surface area contributed by atoms with Crippen LogP contribution in [-0.4, -0.2) is 41.8 Å². The number of nitrogens with zero attached hydrogens (tertiary/aromatic N) is 3. The molecule has 8 heteroatoms. The fraction of sp³-hybridized carbons (Fsp3) is 0.467. The first-order valence-corrected chi connectivity index (χ1v) is 9.93. The molecule has 124 valence electrons. The zero-order chi connectivity index (χ0) is 16.4. The molecular formula is C15H20N4O2S2. The highest BCUT2D eigenvalue weighted by atomic mass is 32.2. The van der Waals surface area contributed by atoms with Gasteiger partial charge in [-0.3, -0.25) is 0 Å². The van der Waals surface area contributed by atoms with Gasteiger partial charge in [0.05, 0.1) is 5.69 Å². The highest BCUT2D eigenvalue weighted by molar-refractivity contribution is 7.91. The highest BCUT2D eigenvalue weighted by Gasteiger charge is 2.28. The Balaban J connectivity index is 1.86. The number of anilines is 1. The van der Waals surface area contributed by atoms with Crippen LogP contribution in [0.25, 0.3) is 0 Å². The van der Waals surface area contributed by atoms with Crippen LogP contribution >= 0.6 is 11.3 Å². The number of hydrogen-bond donors (Lipinski definition) is 1. The van der Waals surface area contributed by atoms with Crippen molar-refractivity contribution < 1.29 is 8.42 Å². The molecule has 6 nitrogen and oxygen atoms in total. The van der Waals surface area contributed by atoms with Gasteiger partial charge in [-0.2, -0.15) is 4.31 Å². The molecule has 1 aliphatic heterocycles. The van der Waals surface area contributed by atoms with Gasteiger partial charge in [0.2, 0.25) is 0 Å². The van der Waals surface area contributed by atoms with Crippen LogP contribution in [0.2, 0.25) is 0 Å². The van der Waals surface area contributed by atoms with Gasteiger partial charge in [-0.05, 0) is 31.7 Å². The van der Waals surface area contributed by atoms with Crippen LogP contribution in [0.1, 0.15) is 25.1 Å². The number of sulfonamides is 1. The lowest BCUT2D eigenvalue weighted by molar-refractivity contribution is 0.427. The van der Waals surface area contributed by atoms with Crippen molar-refractivity contribution in [3.63, 3.8) is 0 Å². The van der Waals surface area contributed by atoms with E-state index in [4.69, 9.17) is 0 Å². The fourth-order valence-corrected chi connectivity index (χ4v) is 5.27. The van der Waals surface area contributed by atoms with E-state index in [9.17, 15) is 8.42 Å². The summed E-state index contributed by atoms with van der Waals surface area (Å²) >= 11 is 1.26. The third kappa shape index (κ3) is 3.39. The van der Waals surface area contributed by atoms with Crippen molar-refractivity contribution in [1.82, 2.24) is 14.3 Å². The monoisotopic (exact) mass is 352 g/mol. The van der Waals surface area contributed by atoms with Crippen LogP contribution in [0.15, 0.2) is 28.0 Å². The second-order valence-corrected chi connectivity index (χ2v) is 8.90. The minimum Gasteiger partial charge on any atom is -0.368 e. The van der Waals surface area contributed by atoms with Crippen molar-refractivity contribution in [2.75, 3.05) is 18.4 Å². The standard InChI is InChI=1S/C15H20N4O2S2/c1-11(2)18-15-12-5-7-19(8-6-13(12)16-10-17-15)23(20,21)14-4-3-9-22-14/h3-4,9-11H,5-8H2,1-2H3,(H,16,17,18). The molecule has 0 radical (unpaired) electrons. The van der Waals surface area contributed by atoms with Crippen molar-refractivity contribution in [1.29, 1.82) is 0 Å². The zero-order valence-electron chi connectivity index (χ0n) is 13.2. The topological polar surface area (TPSA) is 75.2 Å². The van der Waals surface area contributed by atoms with E-state index in [0.29, 0.717) is 30.1 Å². The lowest BCUT2D eigenvalue weighted by atomic mass is 10.1. The maximum Gasteiger partial charge on any atom is 0.252 e. The molecule has 0 amide bonds. The van der Waals surface area contributed by atoms with E-state index in [1.807, 2.05) is 0 Å². The summed E-state index contributed by atoms with van der Waals surface area (Å²) in [6, 6.07) is 3.69. The summed E-state index contributed by atoms with van der Waals surface area (Å²) in [4.78, 5) is 8.68. The summed E-state index contributed by atoms with van der Waals surface area (Å²) in [6.45, 7) is 5.01. The quantitative estimate of drug-likeness (QED) is 0.912. The average molecular weight is 352 g/mol. The van der Waals surface area contributed by atoms with Crippen molar-refractivity contribution in [3.05, 3.63) is 35.1 Å². The van der Waals surface area contributed by atoms with Gasteiger partial charge in [0.15, 0.2) is 0 Å². The average Bonchev–Trinajstić information content (AvgIpc) is 2.94. The number of nitrogens with one attached hydrogen (secondary N) is 1. The van der Waals surface area contributed by atoms with Gasteiger partial charge >= 0.3 is 0 Å². The summed E-state index contributed by atoms with van der Waals surface area (Å²) in [6.07, 6.45) is 2.78. The summed E-state index contributed by atoms with van der Waals surface area (Å²) in [5.41, 5.74) is 1.97. The van der Waals surface area contributed by atoms with Crippen LogP contribution in [0.5, 0.6) is 0 Å². The number of thiophene rings is 1. The molecule has 0 unspecified atom stereocenters. The lowest BCUT2D eigenvalue weighted by Crippen LogP contribution is -2.32. The molecule has 0 aromatic carbocycles. The van der Waals surface area contributed by atoms with Crippen molar-refractivity contribution in [3.8, 4) is 0 Å². The highest BCUT2D eigenvalue weighted by Crippen LogP contribution is 2.26. The van der Waals surface area contributed by atoms with Gasteiger partial charge in [0, 0.05) is 31.1 Å². The zero-order valence-corrected chi connectivity index (χ0v) is 14.8. The largest absolute Gasteiger partial charge is 0.368 e. The molecule has 0 aliphatic carbocycles. The van der Waals surface area contributed by atoms with E-state index < -0.39 is 10.0 Å². The Labute approximate surface area is 140 Å². The molecular weight excluding hydrogens is 332 g/mol. The van der Waals surface area contributed by atoms with E-state index in [1.165, 1.54) is 11.3 Å². The Hall–Kier alpha value is -1.51. The summed E-state index contributed by atoms with van der Waals surface area (Å²) in [7, 11) is -3.41. The number of fused-ring (bicyclic) bond motifs is 1. The van der Waals surface area contributed by atoms with Gasteiger partial charge < -0.3 is 5.32 Å². The summed E-state index contributed by atoms with van der Waals surface area (Å²) in [5, 5.41) is 5.11. The second-order valence-electron chi connectivity index (χ2n) is 5.78. The predicted molar refractivity (Wildman–Crippen MR) is 91.3 cm³/mol. The maximum atomic E-state index is 12.7. The molecule has 0 bridgehead atoms. The molecule has 1 aliphatic rings. The Bertz CT molecular complexity index is 773. The van der Waals surface area contributed by atoms with Crippen LogP contribution < -0.4 is 5.32 Å². The van der Waals surface area contributed by atoms with Crippen LogP contribution in [0.3, 0.4) is 0 Å². The van der Waals surface area contributed by atoms with E-state index in [0.717, 1.165) is 17.1 Å². The predicted octanol–water partition coefficient (Wildman–Crippen LogP) is 2.15. The molecule has 23 heavy (non-hydrogen) atoms. The lowest BCUT2D eigenvalue weighted by Gasteiger charge is -2.18. The van der Waals surface area contributed by atoms with Crippen molar-refractivity contribution in [2.24, 2.45) is 0 Å². The first-order valence-electron chi connectivity index (χ1n) is 7.61. The Kier molecular flexibility index (Phi) is 4.65. The van der Waals surface area contributed by atoms with E-state index >= 15 is 0 Å². The summed E-state index contributed by atoms with van der Waals surface area (Å²) < 4.78 is 27.4. The Morgan fingerprint density at radius 3 is 2.74 bits per heavy atom. The van der Waals surface area contributed by atoms with Crippen LogP contribution in [0.4, 0.5) is 5.82 Å². The number of aromatic nitrogens is 2. The first-order chi connectivity index (χ1) is 11.0. The Morgan fingerprint density at radius 2 is 2.04 bits per heavy atom. The first kappa shape index (κ1) is 16.4. The molecule has 3 heterocycles. The van der Waals surface area contributed by atoms with E-state index in [2.05, 4.69) is 29.1 Å². The van der Waals surface area contributed by atoms with Gasteiger partial charge in [0.25, 0.3) is 10.0 Å². The third-order valence-electron chi connectivity index (χ3n) is 3.76. The molecule has 2 aromatic rings. The second kappa shape index (κ2) is 6.54. The maximum absolute atomic E-state index is 12.7. The molecule has 0 saturated carbocycles. The van der Waals surface area contributed by atoms with Crippen molar-refractivity contribution >= 4 is 27.2 Å². The van der Waals surface area contributed by atoms with Gasteiger partial charge in [0.1, 0.15) is 16.4 Å². The normalized spacial score (nSPS) is 16.1. The van der Waals surface area contributed by atoms with Gasteiger partial charge in [-0.25, -0.2) is 18.4 Å².